The van der Waals surface area contributed by atoms with E-state index in [1.165, 1.54) is 12.8 Å². The van der Waals surface area contributed by atoms with E-state index in [1.54, 1.807) is 0 Å². The summed E-state index contributed by atoms with van der Waals surface area (Å²) in [6, 6.07) is 4.46. The van der Waals surface area contributed by atoms with Crippen molar-refractivity contribution in [3.8, 4) is 0 Å². The molecule has 0 amide bonds. The molecule has 3 N–H and O–H groups in total. The van der Waals surface area contributed by atoms with Crippen molar-refractivity contribution in [2.45, 2.75) is 25.8 Å². The second-order valence-electron chi connectivity index (χ2n) is 4.87. The van der Waals surface area contributed by atoms with Gasteiger partial charge in [-0.05, 0) is 46.8 Å². The van der Waals surface area contributed by atoms with Crippen LogP contribution in [0, 0.1) is 5.92 Å². The fraction of sp³-hybridized carbons (Fsp3) is 0.417. The number of benzene rings is 1. The fourth-order valence-electron chi connectivity index (χ4n) is 2.41. The summed E-state index contributed by atoms with van der Waals surface area (Å²) in [4.78, 5) is 16.7. The van der Waals surface area contributed by atoms with Crippen LogP contribution in [0.15, 0.2) is 21.4 Å². The number of aromatic amines is 2. The van der Waals surface area contributed by atoms with Gasteiger partial charge < -0.3 is 15.3 Å². The molecule has 1 aromatic carbocycles. The van der Waals surface area contributed by atoms with E-state index in [-0.39, 0.29) is 5.69 Å². The van der Waals surface area contributed by atoms with Crippen LogP contribution >= 0.6 is 15.9 Å². The van der Waals surface area contributed by atoms with E-state index in [2.05, 4.69) is 38.1 Å². The van der Waals surface area contributed by atoms with Gasteiger partial charge in [-0.1, -0.05) is 6.92 Å². The highest BCUT2D eigenvalue weighted by atomic mass is 79.9. The minimum Gasteiger partial charge on any atom is -0.381 e. The van der Waals surface area contributed by atoms with Crippen LogP contribution in [-0.4, -0.2) is 16.0 Å². The Morgan fingerprint density at radius 1 is 1.29 bits per heavy atom. The quantitative estimate of drug-likeness (QED) is 0.798. The minimum atomic E-state index is -0.165. The maximum Gasteiger partial charge on any atom is 0.323 e. The third kappa shape index (κ3) is 1.99. The molecule has 1 saturated carbocycles. The molecule has 1 aromatic heterocycles. The number of imidazole rings is 1. The van der Waals surface area contributed by atoms with Gasteiger partial charge in [0, 0.05) is 10.5 Å². The average molecular weight is 296 g/mol. The zero-order valence-electron chi connectivity index (χ0n) is 9.51. The molecule has 0 atom stereocenters. The number of anilines is 1. The van der Waals surface area contributed by atoms with Crippen LogP contribution in [0.25, 0.3) is 11.0 Å². The van der Waals surface area contributed by atoms with Crippen molar-refractivity contribution < 1.29 is 0 Å². The highest BCUT2D eigenvalue weighted by Crippen LogP contribution is 2.33. The van der Waals surface area contributed by atoms with E-state index in [9.17, 15) is 4.79 Å². The van der Waals surface area contributed by atoms with Crippen LogP contribution in [0.4, 0.5) is 5.69 Å². The molecule has 2 aromatic rings. The van der Waals surface area contributed by atoms with Gasteiger partial charge in [-0.25, -0.2) is 4.79 Å². The summed E-state index contributed by atoms with van der Waals surface area (Å²) in [6.45, 7) is 2.26. The van der Waals surface area contributed by atoms with Crippen LogP contribution in [-0.2, 0) is 0 Å². The zero-order valence-corrected chi connectivity index (χ0v) is 11.1. The van der Waals surface area contributed by atoms with Crippen LogP contribution in [0.1, 0.15) is 19.8 Å². The standard InChI is InChI=1S/C12H14BrN3O/c1-6-2-7(3-6)14-9-5-11-10(4-8(9)13)15-12(17)16-11/h4-7,14H,2-3H2,1H3,(H2,15,16,17). The Morgan fingerprint density at radius 2 is 1.94 bits per heavy atom. The normalized spacial score (nSPS) is 23.6. The van der Waals surface area contributed by atoms with Gasteiger partial charge in [0.15, 0.2) is 0 Å². The first-order chi connectivity index (χ1) is 8.11. The third-order valence-corrected chi connectivity index (χ3v) is 3.99. The van der Waals surface area contributed by atoms with Gasteiger partial charge in [0.05, 0.1) is 16.7 Å². The SMILES string of the molecule is CC1CC(Nc2cc3[nH]c(=O)[nH]c3cc2Br)C1. The lowest BCUT2D eigenvalue weighted by atomic mass is 9.82. The largest absolute Gasteiger partial charge is 0.381 e. The number of halogens is 1. The van der Waals surface area contributed by atoms with E-state index in [1.807, 2.05) is 12.1 Å². The molecular formula is C12H14BrN3O. The monoisotopic (exact) mass is 295 g/mol. The van der Waals surface area contributed by atoms with E-state index >= 15 is 0 Å². The molecule has 0 spiro atoms. The Kier molecular flexibility index (Phi) is 2.50. The summed E-state index contributed by atoms with van der Waals surface area (Å²) in [7, 11) is 0. The smallest absolute Gasteiger partial charge is 0.323 e. The number of H-pyrrole nitrogens is 2. The highest BCUT2D eigenvalue weighted by molar-refractivity contribution is 9.10. The van der Waals surface area contributed by atoms with E-state index in [4.69, 9.17) is 0 Å². The third-order valence-electron chi connectivity index (χ3n) is 3.34. The van der Waals surface area contributed by atoms with Gasteiger partial charge in [0.25, 0.3) is 0 Å². The molecule has 1 aliphatic rings. The van der Waals surface area contributed by atoms with Crippen molar-refractivity contribution in [3.63, 3.8) is 0 Å². The molecule has 17 heavy (non-hydrogen) atoms. The molecule has 5 heteroatoms. The van der Waals surface area contributed by atoms with Gasteiger partial charge in [-0.15, -0.1) is 0 Å². The molecule has 1 fully saturated rings. The predicted molar refractivity (Wildman–Crippen MR) is 72.4 cm³/mol. The van der Waals surface area contributed by atoms with Crippen LogP contribution in [0.5, 0.6) is 0 Å². The summed E-state index contributed by atoms with van der Waals surface area (Å²) in [5.41, 5.74) is 2.55. The van der Waals surface area contributed by atoms with Crippen LogP contribution in [0.2, 0.25) is 0 Å². The van der Waals surface area contributed by atoms with Gasteiger partial charge in [0.1, 0.15) is 0 Å². The molecule has 0 unspecified atom stereocenters. The number of rotatable bonds is 2. The molecule has 0 saturated heterocycles. The summed E-state index contributed by atoms with van der Waals surface area (Å²) >= 11 is 3.53. The van der Waals surface area contributed by atoms with Crippen molar-refractivity contribution in [2.24, 2.45) is 5.92 Å². The molecule has 0 aliphatic heterocycles. The number of nitrogens with one attached hydrogen (secondary N) is 3. The van der Waals surface area contributed by atoms with Gasteiger partial charge >= 0.3 is 5.69 Å². The summed E-state index contributed by atoms with van der Waals surface area (Å²) in [5.74, 6) is 0.821. The summed E-state index contributed by atoms with van der Waals surface area (Å²) in [6.07, 6.45) is 2.43. The minimum absolute atomic E-state index is 0.165. The molecule has 0 radical (unpaired) electrons. The van der Waals surface area contributed by atoms with Crippen molar-refractivity contribution in [2.75, 3.05) is 5.32 Å². The Labute approximate surface area is 107 Å². The van der Waals surface area contributed by atoms with Crippen molar-refractivity contribution in [3.05, 3.63) is 27.1 Å². The summed E-state index contributed by atoms with van der Waals surface area (Å²) < 4.78 is 0.986. The first-order valence-corrected chi connectivity index (χ1v) is 6.59. The van der Waals surface area contributed by atoms with E-state index < -0.39 is 0 Å². The Hall–Kier alpha value is -1.23. The van der Waals surface area contributed by atoms with Gasteiger partial charge in [0.2, 0.25) is 0 Å². The predicted octanol–water partition coefficient (Wildman–Crippen LogP) is 2.83. The van der Waals surface area contributed by atoms with E-state index in [0.29, 0.717) is 6.04 Å². The zero-order chi connectivity index (χ0) is 12.0. The Balaban J connectivity index is 1.92. The number of hydrogen-bond acceptors (Lipinski definition) is 2. The fourth-order valence-corrected chi connectivity index (χ4v) is 2.86. The van der Waals surface area contributed by atoms with Gasteiger partial charge in [-0.2, -0.15) is 0 Å². The maximum absolute atomic E-state index is 11.2. The van der Waals surface area contributed by atoms with E-state index in [0.717, 1.165) is 27.1 Å². The second kappa shape index (κ2) is 3.91. The topological polar surface area (TPSA) is 60.7 Å². The average Bonchev–Trinajstić information content (AvgIpc) is 2.55. The molecule has 90 valence electrons. The lowest BCUT2D eigenvalue weighted by Gasteiger charge is -2.34. The first-order valence-electron chi connectivity index (χ1n) is 5.80. The molecule has 4 nitrogen and oxygen atoms in total. The molecule has 1 heterocycles. The van der Waals surface area contributed by atoms with Crippen molar-refractivity contribution >= 4 is 32.7 Å². The van der Waals surface area contributed by atoms with Crippen LogP contribution in [0.3, 0.4) is 0 Å². The first kappa shape index (κ1) is 10.9. The van der Waals surface area contributed by atoms with Crippen molar-refractivity contribution in [1.82, 2.24) is 9.97 Å². The van der Waals surface area contributed by atoms with Crippen molar-refractivity contribution in [1.29, 1.82) is 0 Å². The molecule has 1 aliphatic carbocycles. The Bertz CT molecular complexity index is 610. The molecule has 3 rings (SSSR count). The lowest BCUT2D eigenvalue weighted by Crippen LogP contribution is -2.33. The van der Waals surface area contributed by atoms with Gasteiger partial charge in [-0.3, -0.25) is 0 Å². The highest BCUT2D eigenvalue weighted by Gasteiger charge is 2.25. The second-order valence-corrected chi connectivity index (χ2v) is 5.73. The maximum atomic E-state index is 11.2. The van der Waals surface area contributed by atoms with Crippen LogP contribution < -0.4 is 11.0 Å². The number of aromatic nitrogens is 2. The Morgan fingerprint density at radius 3 is 2.59 bits per heavy atom. The lowest BCUT2D eigenvalue weighted by molar-refractivity contribution is 0.309. The summed E-state index contributed by atoms with van der Waals surface area (Å²) in [5, 5.41) is 3.50. The molecular weight excluding hydrogens is 282 g/mol. The molecule has 0 bridgehead atoms. The number of hydrogen-bond donors (Lipinski definition) is 3. The number of fused-ring (bicyclic) bond motifs is 1.